The largest absolute Gasteiger partial charge is 0.457 e. The van der Waals surface area contributed by atoms with Gasteiger partial charge >= 0.3 is 0 Å². The molecule has 0 N–H and O–H groups in total. The van der Waals surface area contributed by atoms with Gasteiger partial charge in [-0.15, -0.1) is 0 Å². The first kappa shape index (κ1) is 14.4. The number of para-hydroxylation sites is 2. The van der Waals surface area contributed by atoms with Crippen molar-refractivity contribution in [2.75, 3.05) is 0 Å². The van der Waals surface area contributed by atoms with Gasteiger partial charge in [-0.25, -0.2) is 0 Å². The van der Waals surface area contributed by atoms with E-state index in [9.17, 15) is 0 Å². The fourth-order valence-corrected chi connectivity index (χ4v) is 2.54. The number of rotatable bonds is 1. The Morgan fingerprint density at radius 2 is 1.18 bits per heavy atom. The summed E-state index contributed by atoms with van der Waals surface area (Å²) in [6, 6.07) is 26.8. The van der Waals surface area contributed by atoms with Gasteiger partial charge < -0.3 is 4.74 Å². The van der Waals surface area contributed by atoms with E-state index < -0.39 is 0 Å². The van der Waals surface area contributed by atoms with Crippen molar-refractivity contribution in [2.45, 2.75) is 19.8 Å². The van der Waals surface area contributed by atoms with E-state index in [-0.39, 0.29) is 0 Å². The topological polar surface area (TPSA) is 9.23 Å². The highest BCUT2D eigenvalue weighted by Crippen LogP contribution is 2.35. The Labute approximate surface area is 132 Å². The van der Waals surface area contributed by atoms with E-state index in [4.69, 9.17) is 4.74 Å². The molecule has 0 fully saturated rings. The molecule has 0 atom stereocenters. The third-order valence-electron chi connectivity index (χ3n) is 3.80. The molecule has 1 nitrogen and oxygen atoms in total. The zero-order valence-corrected chi connectivity index (χ0v) is 12.8. The van der Waals surface area contributed by atoms with Gasteiger partial charge in [0, 0.05) is 6.42 Å². The molecule has 0 unspecified atom stereocenters. The third kappa shape index (κ3) is 3.37. The summed E-state index contributed by atoms with van der Waals surface area (Å²) in [5.41, 5.74) is 3.95. The monoisotopic (exact) mass is 288 g/mol. The van der Waals surface area contributed by atoms with Crippen LogP contribution in [-0.2, 0) is 12.8 Å². The standard InChI is InChI=1S/C13H10O.C8H10/c1-3-7-12-10(5-1)9-11-6-2-4-8-13(11)14-12;1-2-8-6-4-3-5-7-8/h1-8H,9H2;3-7H,2H2,1H3. The molecule has 0 saturated carbocycles. The van der Waals surface area contributed by atoms with Crippen LogP contribution in [0.25, 0.3) is 0 Å². The maximum absolute atomic E-state index is 5.78. The number of hydrogen-bond donors (Lipinski definition) is 0. The zero-order valence-electron chi connectivity index (χ0n) is 12.8. The van der Waals surface area contributed by atoms with Crippen LogP contribution in [0.3, 0.4) is 0 Å². The number of hydrogen-bond acceptors (Lipinski definition) is 1. The summed E-state index contributed by atoms with van der Waals surface area (Å²) in [5, 5.41) is 0. The van der Waals surface area contributed by atoms with E-state index in [1.807, 2.05) is 30.3 Å². The minimum Gasteiger partial charge on any atom is -0.457 e. The smallest absolute Gasteiger partial charge is 0.130 e. The lowest BCUT2D eigenvalue weighted by molar-refractivity contribution is 0.460. The lowest BCUT2D eigenvalue weighted by Gasteiger charge is -2.19. The molecule has 1 heteroatoms. The molecule has 4 rings (SSSR count). The van der Waals surface area contributed by atoms with Gasteiger partial charge in [0.1, 0.15) is 11.5 Å². The highest BCUT2D eigenvalue weighted by atomic mass is 16.5. The summed E-state index contributed by atoms with van der Waals surface area (Å²) in [6.45, 7) is 2.16. The lowest BCUT2D eigenvalue weighted by atomic mass is 10.0. The molecule has 0 radical (unpaired) electrons. The molecule has 110 valence electrons. The third-order valence-corrected chi connectivity index (χ3v) is 3.80. The van der Waals surface area contributed by atoms with E-state index in [1.54, 1.807) is 0 Å². The Morgan fingerprint density at radius 3 is 1.68 bits per heavy atom. The average Bonchev–Trinajstić information content (AvgIpc) is 2.61. The number of fused-ring (bicyclic) bond motifs is 2. The SMILES string of the molecule is CCc1ccccc1.c1ccc2c(c1)Cc1ccccc1O2. The van der Waals surface area contributed by atoms with Crippen LogP contribution < -0.4 is 4.74 Å². The molecule has 1 heterocycles. The second-order valence-corrected chi connectivity index (χ2v) is 5.33. The molecule has 0 aliphatic carbocycles. The Kier molecular flexibility index (Phi) is 4.55. The van der Waals surface area contributed by atoms with E-state index in [2.05, 4.69) is 55.5 Å². The maximum atomic E-state index is 5.78. The second kappa shape index (κ2) is 6.95. The molecule has 3 aromatic carbocycles. The fraction of sp³-hybridized carbons (Fsp3) is 0.143. The predicted octanol–water partition coefficient (Wildman–Crippen LogP) is 5.63. The highest BCUT2D eigenvalue weighted by Gasteiger charge is 2.14. The Morgan fingerprint density at radius 1 is 0.682 bits per heavy atom. The van der Waals surface area contributed by atoms with Crippen molar-refractivity contribution in [2.24, 2.45) is 0 Å². The number of benzene rings is 3. The minimum absolute atomic E-state index is 0.979. The summed E-state index contributed by atoms with van der Waals surface area (Å²) in [7, 11) is 0. The molecule has 0 bridgehead atoms. The molecule has 22 heavy (non-hydrogen) atoms. The molecule has 0 aromatic heterocycles. The molecular weight excluding hydrogens is 268 g/mol. The van der Waals surface area contributed by atoms with Crippen molar-refractivity contribution >= 4 is 0 Å². The highest BCUT2D eigenvalue weighted by molar-refractivity contribution is 5.49. The lowest BCUT2D eigenvalue weighted by Crippen LogP contribution is -2.01. The quantitative estimate of drug-likeness (QED) is 0.441. The molecular formula is C21H20O. The molecule has 0 spiro atoms. The molecule has 1 aliphatic rings. The van der Waals surface area contributed by atoms with Crippen molar-refractivity contribution in [3.05, 3.63) is 95.6 Å². The summed E-state index contributed by atoms with van der Waals surface area (Å²) >= 11 is 0. The molecule has 3 aromatic rings. The van der Waals surface area contributed by atoms with E-state index in [0.717, 1.165) is 24.3 Å². The van der Waals surface area contributed by atoms with Gasteiger partial charge in [-0.2, -0.15) is 0 Å². The van der Waals surface area contributed by atoms with Crippen LogP contribution >= 0.6 is 0 Å². The van der Waals surface area contributed by atoms with E-state index in [1.165, 1.54) is 16.7 Å². The van der Waals surface area contributed by atoms with Crippen LogP contribution in [0.4, 0.5) is 0 Å². The normalized spacial score (nSPS) is 11.3. The summed E-state index contributed by atoms with van der Waals surface area (Å²) in [4.78, 5) is 0. The van der Waals surface area contributed by atoms with E-state index in [0.29, 0.717) is 0 Å². The second-order valence-electron chi connectivity index (χ2n) is 5.33. The summed E-state index contributed by atoms with van der Waals surface area (Å²) < 4.78 is 5.78. The number of aryl methyl sites for hydroxylation is 1. The van der Waals surface area contributed by atoms with Crippen molar-refractivity contribution < 1.29 is 4.74 Å². The van der Waals surface area contributed by atoms with Crippen molar-refractivity contribution in [1.82, 2.24) is 0 Å². The van der Waals surface area contributed by atoms with Crippen molar-refractivity contribution in [1.29, 1.82) is 0 Å². The van der Waals surface area contributed by atoms with Crippen LogP contribution in [0.2, 0.25) is 0 Å². The van der Waals surface area contributed by atoms with Crippen LogP contribution in [0.1, 0.15) is 23.6 Å². The predicted molar refractivity (Wildman–Crippen MR) is 91.6 cm³/mol. The first-order valence-corrected chi connectivity index (χ1v) is 7.74. The Bertz CT molecular complexity index is 644. The first-order chi connectivity index (χ1) is 10.9. The van der Waals surface area contributed by atoms with Crippen molar-refractivity contribution in [3.8, 4) is 11.5 Å². The van der Waals surface area contributed by atoms with Crippen LogP contribution in [0.5, 0.6) is 11.5 Å². The molecule has 0 saturated heterocycles. The Balaban J connectivity index is 0.000000154. The van der Waals surface area contributed by atoms with Crippen LogP contribution in [0, 0.1) is 0 Å². The van der Waals surface area contributed by atoms with Crippen LogP contribution in [0.15, 0.2) is 78.9 Å². The van der Waals surface area contributed by atoms with Gasteiger partial charge in [-0.05, 0) is 35.2 Å². The molecule has 1 aliphatic heterocycles. The first-order valence-electron chi connectivity index (χ1n) is 7.74. The molecule has 0 amide bonds. The maximum Gasteiger partial charge on any atom is 0.130 e. The van der Waals surface area contributed by atoms with E-state index >= 15 is 0 Å². The summed E-state index contributed by atoms with van der Waals surface area (Å²) in [6.07, 6.45) is 2.12. The van der Waals surface area contributed by atoms with Gasteiger partial charge in [0.2, 0.25) is 0 Å². The van der Waals surface area contributed by atoms with Crippen molar-refractivity contribution in [3.63, 3.8) is 0 Å². The average molecular weight is 288 g/mol. The minimum atomic E-state index is 0.979. The van der Waals surface area contributed by atoms with Crippen LogP contribution in [-0.4, -0.2) is 0 Å². The van der Waals surface area contributed by atoms with Gasteiger partial charge in [0.15, 0.2) is 0 Å². The van der Waals surface area contributed by atoms with Gasteiger partial charge in [-0.1, -0.05) is 73.7 Å². The zero-order chi connectivity index (χ0) is 15.2. The Hall–Kier alpha value is -2.54. The summed E-state index contributed by atoms with van der Waals surface area (Å²) in [5.74, 6) is 1.98. The van der Waals surface area contributed by atoms with Gasteiger partial charge in [-0.3, -0.25) is 0 Å². The fourth-order valence-electron chi connectivity index (χ4n) is 2.54. The van der Waals surface area contributed by atoms with Gasteiger partial charge in [0.05, 0.1) is 0 Å². The van der Waals surface area contributed by atoms with Gasteiger partial charge in [0.25, 0.3) is 0 Å². The number of ether oxygens (including phenoxy) is 1.